The molecule has 1 N–H and O–H groups in total. The number of carbonyl (C=O) groups is 1. The molecule has 0 bridgehead atoms. The van der Waals surface area contributed by atoms with Gasteiger partial charge >= 0.3 is 0 Å². The number of hydrogen-bond acceptors (Lipinski definition) is 6. The van der Waals surface area contributed by atoms with Gasteiger partial charge in [0.05, 0.1) is 5.69 Å². The van der Waals surface area contributed by atoms with E-state index < -0.39 is 0 Å². The molecule has 3 aromatic heterocycles. The summed E-state index contributed by atoms with van der Waals surface area (Å²) in [5, 5.41) is 19.1. The second-order valence-corrected chi connectivity index (χ2v) is 5.81. The summed E-state index contributed by atoms with van der Waals surface area (Å²) in [6.45, 7) is 4.66. The Morgan fingerprint density at radius 2 is 2.04 bits per heavy atom. The van der Waals surface area contributed by atoms with Gasteiger partial charge in [0.2, 0.25) is 0 Å². The Hall–Kier alpha value is -3.36. The maximum absolute atomic E-state index is 12.1. The highest BCUT2D eigenvalue weighted by Crippen LogP contribution is 2.08. The molecule has 0 aliphatic carbocycles. The topological polar surface area (TPSA) is 108 Å². The first-order valence-corrected chi connectivity index (χ1v) is 8.22. The van der Waals surface area contributed by atoms with Crippen LogP contribution in [0, 0.1) is 13.8 Å². The molecule has 0 radical (unpaired) electrons. The highest BCUT2D eigenvalue weighted by Gasteiger charge is 2.10. The van der Waals surface area contributed by atoms with Crippen molar-refractivity contribution < 1.29 is 4.79 Å². The lowest BCUT2D eigenvalue weighted by Crippen LogP contribution is -2.28. The fourth-order valence-corrected chi connectivity index (χ4v) is 2.50. The van der Waals surface area contributed by atoms with Crippen LogP contribution in [-0.4, -0.2) is 42.2 Å². The first-order chi connectivity index (χ1) is 12.5. The van der Waals surface area contributed by atoms with E-state index >= 15 is 0 Å². The highest BCUT2D eigenvalue weighted by atomic mass is 16.2. The minimum absolute atomic E-state index is 0.163. The molecule has 9 heteroatoms. The normalized spacial score (nSPS) is 10.7. The summed E-state index contributed by atoms with van der Waals surface area (Å²) in [6, 6.07) is 8.29. The van der Waals surface area contributed by atoms with Crippen LogP contribution in [0.1, 0.15) is 28.3 Å². The van der Waals surface area contributed by atoms with Gasteiger partial charge in [-0.3, -0.25) is 9.59 Å². The average molecular weight is 353 g/mol. The molecule has 0 saturated heterocycles. The summed E-state index contributed by atoms with van der Waals surface area (Å²) < 4.78 is 3.03. The van der Waals surface area contributed by atoms with E-state index in [4.69, 9.17) is 0 Å². The SMILES string of the molecule is Cc1cc(C)n(-c2ccc(C(=O)NCCCn3ncccc3=O)nn2)n1. The predicted octanol–water partition coefficient (Wildman–Crippen LogP) is 0.656. The van der Waals surface area contributed by atoms with Gasteiger partial charge in [0.1, 0.15) is 0 Å². The number of aryl methyl sites for hydroxylation is 3. The summed E-state index contributed by atoms with van der Waals surface area (Å²) in [4.78, 5) is 23.7. The van der Waals surface area contributed by atoms with Gasteiger partial charge in [-0.15, -0.1) is 10.2 Å². The molecule has 3 aromatic rings. The van der Waals surface area contributed by atoms with Gasteiger partial charge in [0, 0.05) is 31.0 Å². The van der Waals surface area contributed by atoms with Gasteiger partial charge < -0.3 is 5.32 Å². The Morgan fingerprint density at radius 3 is 2.69 bits per heavy atom. The van der Waals surface area contributed by atoms with Crippen molar-refractivity contribution in [2.24, 2.45) is 0 Å². The Balaban J connectivity index is 1.54. The second kappa shape index (κ2) is 7.68. The molecule has 1 amide bonds. The quantitative estimate of drug-likeness (QED) is 0.652. The lowest BCUT2D eigenvalue weighted by Gasteiger charge is -2.06. The first-order valence-electron chi connectivity index (χ1n) is 8.22. The van der Waals surface area contributed by atoms with Crippen molar-refractivity contribution in [3.05, 3.63) is 64.0 Å². The Kier molecular flexibility index (Phi) is 5.16. The minimum atomic E-state index is -0.314. The number of aromatic nitrogens is 6. The van der Waals surface area contributed by atoms with E-state index in [0.717, 1.165) is 11.4 Å². The van der Waals surface area contributed by atoms with Crippen molar-refractivity contribution >= 4 is 5.91 Å². The zero-order chi connectivity index (χ0) is 18.5. The molecule has 3 rings (SSSR count). The van der Waals surface area contributed by atoms with Crippen LogP contribution in [0.4, 0.5) is 0 Å². The number of nitrogens with one attached hydrogen (secondary N) is 1. The third-order valence-corrected chi connectivity index (χ3v) is 3.73. The third kappa shape index (κ3) is 4.00. The van der Waals surface area contributed by atoms with E-state index in [2.05, 4.69) is 25.7 Å². The van der Waals surface area contributed by atoms with E-state index in [-0.39, 0.29) is 17.2 Å². The molecule has 0 spiro atoms. The molecule has 0 saturated carbocycles. The number of carbonyl (C=O) groups excluding carboxylic acids is 1. The zero-order valence-corrected chi connectivity index (χ0v) is 14.6. The predicted molar refractivity (Wildman–Crippen MR) is 94.1 cm³/mol. The fraction of sp³-hybridized carbons (Fsp3) is 0.294. The van der Waals surface area contributed by atoms with Crippen LogP contribution in [0.3, 0.4) is 0 Å². The van der Waals surface area contributed by atoms with Crippen LogP contribution < -0.4 is 10.9 Å². The van der Waals surface area contributed by atoms with Crippen LogP contribution in [-0.2, 0) is 6.54 Å². The maximum atomic E-state index is 12.1. The summed E-state index contributed by atoms with van der Waals surface area (Å²) in [5.41, 5.74) is 1.90. The van der Waals surface area contributed by atoms with E-state index in [1.807, 2.05) is 19.9 Å². The standard InChI is InChI=1S/C17H19N7O2/c1-12-11-13(2)24(22-12)15-7-6-14(20-21-15)17(26)18-8-4-10-23-16(25)5-3-9-19-23/h3,5-7,9,11H,4,8,10H2,1-2H3,(H,18,26). The van der Waals surface area contributed by atoms with Gasteiger partial charge in [-0.2, -0.15) is 10.2 Å². The lowest BCUT2D eigenvalue weighted by atomic mass is 10.3. The van der Waals surface area contributed by atoms with Crippen LogP contribution in [0.2, 0.25) is 0 Å². The molecule has 0 aromatic carbocycles. The maximum Gasteiger partial charge on any atom is 0.271 e. The largest absolute Gasteiger partial charge is 0.351 e. The summed E-state index contributed by atoms with van der Waals surface area (Å²) in [7, 11) is 0. The molecule has 26 heavy (non-hydrogen) atoms. The van der Waals surface area contributed by atoms with E-state index in [9.17, 15) is 9.59 Å². The van der Waals surface area contributed by atoms with Crippen molar-refractivity contribution in [1.82, 2.24) is 35.1 Å². The van der Waals surface area contributed by atoms with Crippen molar-refractivity contribution in [3.8, 4) is 5.82 Å². The Morgan fingerprint density at radius 1 is 1.19 bits per heavy atom. The zero-order valence-electron chi connectivity index (χ0n) is 14.6. The van der Waals surface area contributed by atoms with Crippen molar-refractivity contribution in [3.63, 3.8) is 0 Å². The van der Waals surface area contributed by atoms with Gasteiger partial charge in [0.25, 0.3) is 11.5 Å². The van der Waals surface area contributed by atoms with E-state index in [1.54, 1.807) is 29.1 Å². The molecule has 9 nitrogen and oxygen atoms in total. The van der Waals surface area contributed by atoms with Gasteiger partial charge in [0.15, 0.2) is 11.5 Å². The monoisotopic (exact) mass is 353 g/mol. The summed E-state index contributed by atoms with van der Waals surface area (Å²) >= 11 is 0. The van der Waals surface area contributed by atoms with Crippen LogP contribution >= 0.6 is 0 Å². The van der Waals surface area contributed by atoms with Gasteiger partial charge in [-0.1, -0.05) is 0 Å². The molecule has 0 fully saturated rings. The molecule has 3 heterocycles. The van der Waals surface area contributed by atoms with Crippen LogP contribution in [0.5, 0.6) is 0 Å². The summed E-state index contributed by atoms with van der Waals surface area (Å²) in [6.07, 6.45) is 2.14. The number of rotatable bonds is 6. The van der Waals surface area contributed by atoms with E-state index in [0.29, 0.717) is 25.3 Å². The van der Waals surface area contributed by atoms with Gasteiger partial charge in [-0.25, -0.2) is 9.36 Å². The molecule has 0 unspecified atom stereocenters. The highest BCUT2D eigenvalue weighted by molar-refractivity contribution is 5.92. The molecule has 0 aliphatic heterocycles. The molecular formula is C17H19N7O2. The van der Waals surface area contributed by atoms with Crippen LogP contribution in [0.15, 0.2) is 41.3 Å². The Bertz CT molecular complexity index is 960. The average Bonchev–Trinajstić information content (AvgIpc) is 2.98. The smallest absolute Gasteiger partial charge is 0.271 e. The fourth-order valence-electron chi connectivity index (χ4n) is 2.50. The van der Waals surface area contributed by atoms with E-state index in [1.165, 1.54) is 10.7 Å². The van der Waals surface area contributed by atoms with Crippen molar-refractivity contribution in [2.75, 3.05) is 6.54 Å². The van der Waals surface area contributed by atoms with Crippen molar-refractivity contribution in [1.29, 1.82) is 0 Å². The Labute approximate surface area is 149 Å². The number of hydrogen-bond donors (Lipinski definition) is 1. The third-order valence-electron chi connectivity index (χ3n) is 3.73. The number of nitrogens with zero attached hydrogens (tertiary/aromatic N) is 6. The molecule has 134 valence electrons. The first kappa shape index (κ1) is 17.5. The summed E-state index contributed by atoms with van der Waals surface area (Å²) in [5.74, 6) is 0.243. The number of amides is 1. The van der Waals surface area contributed by atoms with Crippen LogP contribution in [0.25, 0.3) is 5.82 Å². The minimum Gasteiger partial charge on any atom is -0.351 e. The van der Waals surface area contributed by atoms with Gasteiger partial charge in [-0.05, 0) is 44.5 Å². The van der Waals surface area contributed by atoms with Crippen molar-refractivity contribution in [2.45, 2.75) is 26.8 Å². The lowest BCUT2D eigenvalue weighted by molar-refractivity contribution is 0.0946. The molecule has 0 aliphatic rings. The second-order valence-electron chi connectivity index (χ2n) is 5.81. The molecular weight excluding hydrogens is 334 g/mol. The molecule has 0 atom stereocenters.